The van der Waals surface area contributed by atoms with Gasteiger partial charge in [-0.1, -0.05) is 182 Å². The lowest BCUT2D eigenvalue weighted by atomic mass is 9.88. The minimum Gasteiger partial charge on any atom is -0.228 e. The number of hydrogen-bond donors (Lipinski definition) is 0. The Bertz CT molecular complexity index is 3250. The molecule has 266 valence electrons. The zero-order valence-electron chi connectivity index (χ0n) is 31.2. The predicted octanol–water partition coefficient (Wildman–Crippen LogP) is 14.6. The van der Waals surface area contributed by atoms with Crippen LogP contribution in [0.25, 0.3) is 99.8 Å². The molecular weight excluding hydrogens is 689 g/mol. The molecule has 10 aromatic rings. The number of allylic oxidation sites excluding steroid dienone is 2. The number of fused-ring (bicyclic) bond motifs is 6. The van der Waals surface area contributed by atoms with Crippen molar-refractivity contribution in [1.29, 1.82) is 0 Å². The highest BCUT2D eigenvalue weighted by Gasteiger charge is 2.20. The molecule has 1 aliphatic rings. The van der Waals surface area contributed by atoms with Crippen LogP contribution in [-0.2, 0) is 0 Å². The molecule has 9 aromatic carbocycles. The largest absolute Gasteiger partial charge is 0.228 e. The first-order valence-corrected chi connectivity index (χ1v) is 19.6. The van der Waals surface area contributed by atoms with Crippen molar-refractivity contribution in [3.05, 3.63) is 217 Å². The topological polar surface area (TPSA) is 25.8 Å². The van der Waals surface area contributed by atoms with Gasteiger partial charge in [-0.2, -0.15) is 0 Å². The smallest absolute Gasteiger partial charge is 0.160 e. The summed E-state index contributed by atoms with van der Waals surface area (Å²) in [5.41, 5.74) is 12.2. The van der Waals surface area contributed by atoms with Crippen LogP contribution in [0, 0.1) is 0 Å². The normalized spacial score (nSPS) is 12.5. The van der Waals surface area contributed by atoms with Crippen LogP contribution in [0.2, 0.25) is 0 Å². The van der Waals surface area contributed by atoms with Crippen LogP contribution in [0.4, 0.5) is 0 Å². The zero-order chi connectivity index (χ0) is 37.7. The van der Waals surface area contributed by atoms with Crippen molar-refractivity contribution in [3.63, 3.8) is 0 Å². The third-order valence-electron chi connectivity index (χ3n) is 11.4. The van der Waals surface area contributed by atoms with Crippen molar-refractivity contribution in [3.8, 4) is 45.0 Å². The van der Waals surface area contributed by atoms with E-state index < -0.39 is 0 Å². The molecule has 1 aromatic heterocycles. The molecule has 0 unspecified atom stereocenters. The van der Waals surface area contributed by atoms with Gasteiger partial charge in [-0.05, 0) is 107 Å². The van der Waals surface area contributed by atoms with Crippen LogP contribution >= 0.6 is 0 Å². The number of hydrogen-bond acceptors (Lipinski definition) is 2. The summed E-state index contributed by atoms with van der Waals surface area (Å²) in [5, 5.41) is 9.95. The highest BCUT2D eigenvalue weighted by atomic mass is 14.9. The number of benzene rings is 9. The maximum absolute atomic E-state index is 5.28. The average Bonchev–Trinajstić information content (AvgIpc) is 3.51. The molecule has 0 bridgehead atoms. The van der Waals surface area contributed by atoms with Crippen molar-refractivity contribution in [1.82, 2.24) is 9.97 Å². The molecule has 2 nitrogen and oxygen atoms in total. The Kier molecular flexibility index (Phi) is 7.93. The van der Waals surface area contributed by atoms with Gasteiger partial charge >= 0.3 is 0 Å². The Labute approximate surface area is 331 Å². The third kappa shape index (κ3) is 5.82. The van der Waals surface area contributed by atoms with Crippen LogP contribution in [0.5, 0.6) is 0 Å². The lowest BCUT2D eigenvalue weighted by molar-refractivity contribution is 1.18. The summed E-state index contributed by atoms with van der Waals surface area (Å²) in [6.45, 7) is 0. The van der Waals surface area contributed by atoms with E-state index in [4.69, 9.17) is 9.97 Å². The highest BCUT2D eigenvalue weighted by Crippen LogP contribution is 2.42. The number of nitrogens with zero attached hydrogens (tertiary/aromatic N) is 2. The van der Waals surface area contributed by atoms with Gasteiger partial charge < -0.3 is 0 Å². The summed E-state index contributed by atoms with van der Waals surface area (Å²) in [7, 11) is 0. The molecule has 0 radical (unpaired) electrons. The van der Waals surface area contributed by atoms with Crippen molar-refractivity contribution in [2.24, 2.45) is 0 Å². The number of rotatable bonds is 5. The van der Waals surface area contributed by atoms with Gasteiger partial charge in [-0.15, -0.1) is 0 Å². The first-order chi connectivity index (χ1) is 28.2. The van der Waals surface area contributed by atoms with Crippen molar-refractivity contribution < 1.29 is 0 Å². The van der Waals surface area contributed by atoms with Gasteiger partial charge in [-0.3, -0.25) is 0 Å². The van der Waals surface area contributed by atoms with E-state index in [-0.39, 0.29) is 0 Å². The fourth-order valence-corrected chi connectivity index (χ4v) is 8.73. The molecule has 0 atom stereocenters. The SMILES string of the molecule is C1=Cc2cccc(-c3cc(-c4ccc5cc(-c6c7ccccc7cc7c6ccc6ccccc67)ccc5c4)nc(-c4ccccc4)n3)c2C(c2ccccc2)=CC1. The molecule has 0 fully saturated rings. The van der Waals surface area contributed by atoms with Gasteiger partial charge in [0.15, 0.2) is 5.82 Å². The minimum atomic E-state index is 0.709. The summed E-state index contributed by atoms with van der Waals surface area (Å²) in [5.74, 6) is 0.709. The van der Waals surface area contributed by atoms with E-state index in [0.29, 0.717) is 5.82 Å². The molecule has 0 aliphatic heterocycles. The second-order valence-electron chi connectivity index (χ2n) is 14.9. The molecule has 1 heterocycles. The summed E-state index contributed by atoms with van der Waals surface area (Å²) in [6.07, 6.45) is 7.69. The molecule has 57 heavy (non-hydrogen) atoms. The minimum absolute atomic E-state index is 0.709. The highest BCUT2D eigenvalue weighted by molar-refractivity contribution is 6.20. The van der Waals surface area contributed by atoms with E-state index in [1.165, 1.54) is 76.5 Å². The zero-order valence-corrected chi connectivity index (χ0v) is 31.2. The maximum Gasteiger partial charge on any atom is 0.160 e. The second kappa shape index (κ2) is 13.7. The Morgan fingerprint density at radius 1 is 0.368 bits per heavy atom. The first-order valence-electron chi connectivity index (χ1n) is 19.6. The van der Waals surface area contributed by atoms with Crippen molar-refractivity contribution in [2.45, 2.75) is 6.42 Å². The molecule has 0 saturated heterocycles. The fourth-order valence-electron chi connectivity index (χ4n) is 8.73. The van der Waals surface area contributed by atoms with Gasteiger partial charge in [-0.25, -0.2) is 9.97 Å². The van der Waals surface area contributed by atoms with Crippen LogP contribution in [0.3, 0.4) is 0 Å². The van der Waals surface area contributed by atoms with Gasteiger partial charge in [0, 0.05) is 16.7 Å². The van der Waals surface area contributed by atoms with Crippen LogP contribution in [0.1, 0.15) is 23.1 Å². The summed E-state index contributed by atoms with van der Waals surface area (Å²) < 4.78 is 0. The lowest BCUT2D eigenvalue weighted by Gasteiger charge is -2.17. The Morgan fingerprint density at radius 3 is 1.86 bits per heavy atom. The van der Waals surface area contributed by atoms with Crippen LogP contribution in [-0.4, -0.2) is 9.97 Å². The van der Waals surface area contributed by atoms with E-state index in [1.54, 1.807) is 0 Å². The Morgan fingerprint density at radius 2 is 1.04 bits per heavy atom. The average molecular weight is 725 g/mol. The molecule has 11 rings (SSSR count). The van der Waals surface area contributed by atoms with Crippen LogP contribution < -0.4 is 0 Å². The first kappa shape index (κ1) is 33.0. The monoisotopic (exact) mass is 724 g/mol. The quantitative estimate of drug-likeness (QED) is 0.130. The van der Waals surface area contributed by atoms with Crippen molar-refractivity contribution in [2.75, 3.05) is 0 Å². The van der Waals surface area contributed by atoms with E-state index in [1.807, 2.05) is 6.07 Å². The van der Waals surface area contributed by atoms with E-state index in [0.717, 1.165) is 34.5 Å². The summed E-state index contributed by atoms with van der Waals surface area (Å²) >= 11 is 0. The summed E-state index contributed by atoms with van der Waals surface area (Å²) in [6, 6.07) is 67.7. The Hall–Kier alpha value is -7.42. The predicted molar refractivity (Wildman–Crippen MR) is 241 cm³/mol. The fraction of sp³-hybridized carbons (Fsp3) is 0.0182. The standard InChI is InChI=1S/C55H36N2/c1-3-14-36(15-4-1)46-23-11-8-17-38-21-13-25-49(53(38)46)52-35-51(56-55(57-52)39-18-5-2-6-19-39)43-28-26-41-33-44(29-27-40(41)32-43)54-47-24-12-9-20-42(47)34-50-45-22-10-7-16-37(45)30-31-48(50)54/h1-10,12-35H,11H2. The molecule has 2 heteroatoms. The van der Waals surface area contributed by atoms with Gasteiger partial charge in [0.1, 0.15) is 0 Å². The molecule has 0 spiro atoms. The molecule has 0 saturated carbocycles. The molecular formula is C55H36N2. The third-order valence-corrected chi connectivity index (χ3v) is 11.4. The summed E-state index contributed by atoms with van der Waals surface area (Å²) in [4.78, 5) is 10.5. The molecule has 0 amide bonds. The van der Waals surface area contributed by atoms with Crippen LogP contribution in [0.15, 0.2) is 200 Å². The van der Waals surface area contributed by atoms with Gasteiger partial charge in [0.05, 0.1) is 11.4 Å². The van der Waals surface area contributed by atoms with E-state index >= 15 is 0 Å². The van der Waals surface area contributed by atoms with Gasteiger partial charge in [0.2, 0.25) is 0 Å². The second-order valence-corrected chi connectivity index (χ2v) is 14.9. The van der Waals surface area contributed by atoms with E-state index in [2.05, 4.69) is 200 Å². The lowest BCUT2D eigenvalue weighted by Crippen LogP contribution is -2.00. The number of aromatic nitrogens is 2. The Balaban J connectivity index is 1.07. The van der Waals surface area contributed by atoms with E-state index in [9.17, 15) is 0 Å². The molecule has 0 N–H and O–H groups in total. The molecule has 1 aliphatic carbocycles. The van der Waals surface area contributed by atoms with Crippen molar-refractivity contribution >= 4 is 54.7 Å². The van der Waals surface area contributed by atoms with Gasteiger partial charge in [0.25, 0.3) is 0 Å². The maximum atomic E-state index is 5.28.